The summed E-state index contributed by atoms with van der Waals surface area (Å²) in [5.74, 6) is 0. The van der Waals surface area contributed by atoms with E-state index < -0.39 is 50.0 Å². The SMILES string of the molecule is O1[SiH2]O[SiH2]O[SiH2]O[SiH2]O[SiH2]1.[Na]. The molecule has 0 spiro atoms. The molecule has 1 rings (SSSR count). The Morgan fingerprint density at radius 1 is 0.455 bits per heavy atom. The zero-order valence-corrected chi connectivity index (χ0v) is 15.6. The first-order chi connectivity index (χ1) is 5.00. The molecular weight excluding hydrogens is 243 g/mol. The van der Waals surface area contributed by atoms with Gasteiger partial charge in [-0.25, -0.2) is 0 Å². The van der Waals surface area contributed by atoms with Gasteiger partial charge >= 0.3 is 0 Å². The van der Waals surface area contributed by atoms with E-state index >= 15 is 0 Å². The van der Waals surface area contributed by atoms with Crippen LogP contribution in [0.2, 0.25) is 0 Å². The van der Waals surface area contributed by atoms with E-state index in [1.165, 1.54) is 0 Å². The molecule has 5 nitrogen and oxygen atoms in total. The Labute approximate surface area is 99.5 Å². The molecule has 0 saturated carbocycles. The van der Waals surface area contributed by atoms with Crippen LogP contribution in [0.1, 0.15) is 0 Å². The van der Waals surface area contributed by atoms with Crippen LogP contribution >= 0.6 is 0 Å². The fourth-order valence-electron chi connectivity index (χ4n) is 0.465. The van der Waals surface area contributed by atoms with Crippen LogP contribution in [0.15, 0.2) is 0 Å². The predicted octanol–water partition coefficient (Wildman–Crippen LogP) is -5.30. The third kappa shape index (κ3) is 8.22. The molecule has 11 heteroatoms. The molecule has 1 heterocycles. The van der Waals surface area contributed by atoms with E-state index in [2.05, 4.69) is 0 Å². The van der Waals surface area contributed by atoms with Gasteiger partial charge in [-0.05, 0) is 0 Å². The van der Waals surface area contributed by atoms with Crippen molar-refractivity contribution in [3.63, 3.8) is 0 Å². The zero-order valence-electron chi connectivity index (χ0n) is 6.58. The smallest absolute Gasteiger partial charge is 0.286 e. The van der Waals surface area contributed by atoms with Crippen molar-refractivity contribution in [2.24, 2.45) is 0 Å². The minimum Gasteiger partial charge on any atom is -0.425 e. The van der Waals surface area contributed by atoms with E-state index in [4.69, 9.17) is 20.6 Å². The van der Waals surface area contributed by atoms with E-state index in [9.17, 15) is 0 Å². The average molecular weight is 253 g/mol. The van der Waals surface area contributed by atoms with Gasteiger partial charge < -0.3 is 20.6 Å². The summed E-state index contributed by atoms with van der Waals surface area (Å²) in [7, 11) is -3.62. The van der Waals surface area contributed by atoms with Gasteiger partial charge in [-0.15, -0.1) is 0 Å². The van der Waals surface area contributed by atoms with Gasteiger partial charge in [0.05, 0.1) is 0 Å². The monoisotopic (exact) mass is 253 g/mol. The van der Waals surface area contributed by atoms with Gasteiger partial charge in [0.1, 0.15) is 0 Å². The van der Waals surface area contributed by atoms with E-state index in [1.54, 1.807) is 0 Å². The maximum Gasteiger partial charge on any atom is 0.286 e. The van der Waals surface area contributed by atoms with Gasteiger partial charge in [-0.2, -0.15) is 0 Å². The van der Waals surface area contributed by atoms with Gasteiger partial charge in [0.25, 0.3) is 50.0 Å². The maximum atomic E-state index is 5.17. The number of rotatable bonds is 0. The van der Waals surface area contributed by atoms with E-state index in [-0.39, 0.29) is 29.6 Å². The Morgan fingerprint density at radius 2 is 0.636 bits per heavy atom. The fraction of sp³-hybridized carbons (Fsp3) is 0. The molecular formula is H10NaO5Si5. The molecule has 11 heavy (non-hydrogen) atoms. The minimum atomic E-state index is -0.724. The van der Waals surface area contributed by atoms with Gasteiger partial charge in [-0.1, -0.05) is 0 Å². The molecule has 0 unspecified atom stereocenters. The van der Waals surface area contributed by atoms with Crippen LogP contribution in [-0.4, -0.2) is 79.6 Å². The van der Waals surface area contributed by atoms with E-state index in [0.29, 0.717) is 0 Å². The summed E-state index contributed by atoms with van der Waals surface area (Å²) in [5.41, 5.74) is 0. The third-order valence-electron chi connectivity index (χ3n) is 0.833. The summed E-state index contributed by atoms with van der Waals surface area (Å²) in [4.78, 5) is 0. The molecule has 1 fully saturated rings. The fourth-order valence-corrected chi connectivity index (χ4v) is 9.49. The van der Waals surface area contributed by atoms with Crippen molar-refractivity contribution < 1.29 is 20.6 Å². The van der Waals surface area contributed by atoms with Crippen molar-refractivity contribution >= 4 is 79.6 Å². The van der Waals surface area contributed by atoms with Crippen molar-refractivity contribution in [1.82, 2.24) is 0 Å². The molecule has 0 bridgehead atoms. The molecule has 0 N–H and O–H groups in total. The van der Waals surface area contributed by atoms with Crippen LogP contribution in [0, 0.1) is 0 Å². The summed E-state index contributed by atoms with van der Waals surface area (Å²) in [6, 6.07) is 0. The van der Waals surface area contributed by atoms with Crippen LogP contribution in [0.25, 0.3) is 0 Å². The summed E-state index contributed by atoms with van der Waals surface area (Å²) in [6.45, 7) is 0. The number of hydrogen-bond acceptors (Lipinski definition) is 5. The van der Waals surface area contributed by atoms with Crippen molar-refractivity contribution in [3.8, 4) is 0 Å². The molecule has 0 aromatic rings. The van der Waals surface area contributed by atoms with Crippen molar-refractivity contribution in [2.75, 3.05) is 0 Å². The van der Waals surface area contributed by atoms with Gasteiger partial charge in [0, 0.05) is 29.6 Å². The van der Waals surface area contributed by atoms with Gasteiger partial charge in [0.15, 0.2) is 0 Å². The second kappa shape index (κ2) is 9.97. The molecule has 0 aliphatic carbocycles. The second-order valence-electron chi connectivity index (χ2n) is 1.61. The molecule has 0 aromatic heterocycles. The first kappa shape index (κ1) is 12.9. The maximum absolute atomic E-state index is 5.17. The van der Waals surface area contributed by atoms with Crippen molar-refractivity contribution in [2.45, 2.75) is 0 Å². The van der Waals surface area contributed by atoms with Crippen molar-refractivity contribution in [1.29, 1.82) is 0 Å². The summed E-state index contributed by atoms with van der Waals surface area (Å²) < 4.78 is 25.8. The number of hydrogen-bond donors (Lipinski definition) is 0. The van der Waals surface area contributed by atoms with E-state index in [1.807, 2.05) is 0 Å². The molecule has 0 aromatic carbocycles. The standard InChI is InChI=1S/Na.H10O5Si5/c;1-6-2-8-4-10-5-9-3-7-1/h;6-10H2. The first-order valence-electron chi connectivity index (χ1n) is 2.89. The molecule has 1 aliphatic heterocycles. The van der Waals surface area contributed by atoms with Crippen LogP contribution in [0.5, 0.6) is 0 Å². The normalized spacial score (nSPS) is 32.7. The van der Waals surface area contributed by atoms with Crippen molar-refractivity contribution in [3.05, 3.63) is 0 Å². The average Bonchev–Trinajstić information content (AvgIpc) is 2.01. The summed E-state index contributed by atoms with van der Waals surface area (Å²) in [5, 5.41) is 0. The quantitative estimate of drug-likeness (QED) is 0.404. The Hall–Kier alpha value is 1.88. The second-order valence-corrected chi connectivity index (χ2v) is 11.0. The van der Waals surface area contributed by atoms with Crippen LogP contribution in [0.3, 0.4) is 0 Å². The zero-order chi connectivity index (χ0) is 7.07. The third-order valence-corrected chi connectivity index (χ3v) is 7.50. The largest absolute Gasteiger partial charge is 0.425 e. The molecule has 1 aliphatic rings. The van der Waals surface area contributed by atoms with Crippen LogP contribution < -0.4 is 0 Å². The molecule has 1 radical (unpaired) electrons. The van der Waals surface area contributed by atoms with Gasteiger partial charge in [0.2, 0.25) is 0 Å². The van der Waals surface area contributed by atoms with Gasteiger partial charge in [-0.3, -0.25) is 0 Å². The minimum absolute atomic E-state index is 0. The van der Waals surface area contributed by atoms with Crippen LogP contribution in [0.4, 0.5) is 0 Å². The molecule has 0 amide bonds. The Morgan fingerprint density at radius 3 is 0.818 bits per heavy atom. The first-order valence-corrected chi connectivity index (χ1v) is 8.66. The summed E-state index contributed by atoms with van der Waals surface area (Å²) in [6.07, 6.45) is 0. The topological polar surface area (TPSA) is 46.2 Å². The Bertz CT molecular complexity index is 48.1. The Balaban J connectivity index is 0.000001000. The van der Waals surface area contributed by atoms with E-state index in [0.717, 1.165) is 0 Å². The predicted molar refractivity (Wildman–Crippen MR) is 53.9 cm³/mol. The van der Waals surface area contributed by atoms with Crippen LogP contribution in [-0.2, 0) is 20.6 Å². The summed E-state index contributed by atoms with van der Waals surface area (Å²) >= 11 is 0. The molecule has 1 saturated heterocycles. The molecule has 0 atom stereocenters. The molecule has 61 valence electrons. The Kier molecular flexibility index (Phi) is 11.7.